The van der Waals surface area contributed by atoms with Gasteiger partial charge in [-0.3, -0.25) is 10.1 Å². The van der Waals surface area contributed by atoms with Gasteiger partial charge in [-0.2, -0.15) is 0 Å². The zero-order valence-electron chi connectivity index (χ0n) is 5.95. The van der Waals surface area contributed by atoms with Gasteiger partial charge in [-0.25, -0.2) is 4.39 Å². The molecule has 0 bridgehead atoms. The van der Waals surface area contributed by atoms with Crippen LogP contribution in [0.25, 0.3) is 0 Å². The van der Waals surface area contributed by atoms with Crippen molar-refractivity contribution in [2.75, 3.05) is 11.5 Å². The Morgan fingerprint density at radius 1 is 1.42 bits per heavy atom. The summed E-state index contributed by atoms with van der Waals surface area (Å²) in [6, 6.07) is 1.95. The van der Waals surface area contributed by atoms with Crippen LogP contribution in [-0.4, -0.2) is 4.92 Å². The minimum Gasteiger partial charge on any atom is -0.398 e. The van der Waals surface area contributed by atoms with Crippen molar-refractivity contribution in [2.24, 2.45) is 0 Å². The van der Waals surface area contributed by atoms with E-state index in [1.807, 2.05) is 0 Å². The third kappa shape index (κ3) is 1.26. The molecule has 1 rings (SSSR count). The first-order chi connectivity index (χ1) is 5.52. The largest absolute Gasteiger partial charge is 0.398 e. The Balaban J connectivity index is 3.37. The molecule has 0 aliphatic heterocycles. The molecule has 1 aromatic carbocycles. The molecule has 1 aromatic rings. The van der Waals surface area contributed by atoms with Gasteiger partial charge in [-0.15, -0.1) is 0 Å². The molecule has 5 nitrogen and oxygen atoms in total. The van der Waals surface area contributed by atoms with Gasteiger partial charge in [0.05, 0.1) is 4.92 Å². The van der Waals surface area contributed by atoms with Crippen LogP contribution >= 0.6 is 0 Å². The van der Waals surface area contributed by atoms with Crippen LogP contribution in [0.4, 0.5) is 21.5 Å². The predicted molar refractivity (Wildman–Crippen MR) is 41.9 cm³/mol. The molecular weight excluding hydrogens is 165 g/mol. The fraction of sp³-hybridized carbons (Fsp3) is 0. The molecule has 0 aliphatic rings. The smallest absolute Gasteiger partial charge is 0.297 e. The molecule has 0 heterocycles. The highest BCUT2D eigenvalue weighted by molar-refractivity contribution is 5.65. The maximum atomic E-state index is 12.7. The molecular formula is C6H6FN3O2. The van der Waals surface area contributed by atoms with E-state index in [9.17, 15) is 14.5 Å². The normalized spacial score (nSPS) is 9.75. The number of nitrogen functional groups attached to an aromatic ring is 2. The lowest BCUT2D eigenvalue weighted by molar-refractivity contribution is -0.384. The van der Waals surface area contributed by atoms with Crippen molar-refractivity contribution in [3.63, 3.8) is 0 Å². The molecule has 6 heteroatoms. The highest BCUT2D eigenvalue weighted by Crippen LogP contribution is 2.26. The minimum absolute atomic E-state index is 0.0200. The van der Waals surface area contributed by atoms with Crippen LogP contribution in [0, 0.1) is 15.9 Å². The van der Waals surface area contributed by atoms with Crippen LogP contribution in [0.5, 0.6) is 0 Å². The minimum atomic E-state index is -0.873. The maximum absolute atomic E-state index is 12.7. The molecule has 0 fully saturated rings. The van der Waals surface area contributed by atoms with Crippen LogP contribution in [0.2, 0.25) is 0 Å². The van der Waals surface area contributed by atoms with Crippen LogP contribution in [-0.2, 0) is 0 Å². The Bertz CT molecular complexity index is 340. The molecule has 0 aliphatic carbocycles. The van der Waals surface area contributed by atoms with Gasteiger partial charge in [0.25, 0.3) is 5.69 Å². The zero-order valence-corrected chi connectivity index (χ0v) is 5.95. The lowest BCUT2D eigenvalue weighted by atomic mass is 10.2. The van der Waals surface area contributed by atoms with Crippen LogP contribution in [0.15, 0.2) is 12.1 Å². The summed E-state index contributed by atoms with van der Waals surface area (Å²) in [4.78, 5) is 9.45. The number of hydrogen-bond donors (Lipinski definition) is 2. The van der Waals surface area contributed by atoms with Crippen molar-refractivity contribution in [3.05, 3.63) is 28.1 Å². The second-order valence-electron chi connectivity index (χ2n) is 2.19. The first-order valence-corrected chi connectivity index (χ1v) is 3.01. The number of nitro groups is 1. The van der Waals surface area contributed by atoms with Gasteiger partial charge < -0.3 is 11.5 Å². The van der Waals surface area contributed by atoms with E-state index in [0.29, 0.717) is 0 Å². The molecule has 0 radical (unpaired) electrons. The highest BCUT2D eigenvalue weighted by Gasteiger charge is 2.15. The molecule has 64 valence electrons. The van der Waals surface area contributed by atoms with Crippen molar-refractivity contribution < 1.29 is 9.31 Å². The summed E-state index contributed by atoms with van der Waals surface area (Å²) in [5.74, 6) is -0.873. The molecule has 0 saturated carbocycles. The number of nitrogens with zero attached hydrogens (tertiary/aromatic N) is 1. The Labute approximate surface area is 66.9 Å². The third-order valence-electron chi connectivity index (χ3n) is 1.33. The lowest BCUT2D eigenvalue weighted by Crippen LogP contribution is -2.00. The Morgan fingerprint density at radius 2 is 2.00 bits per heavy atom. The van der Waals surface area contributed by atoms with Crippen molar-refractivity contribution in [2.45, 2.75) is 0 Å². The van der Waals surface area contributed by atoms with Crippen LogP contribution in [0.3, 0.4) is 0 Å². The van der Waals surface area contributed by atoms with Crippen molar-refractivity contribution in [1.82, 2.24) is 0 Å². The van der Waals surface area contributed by atoms with E-state index >= 15 is 0 Å². The van der Waals surface area contributed by atoms with E-state index in [0.717, 1.165) is 12.1 Å². The Kier molecular flexibility index (Phi) is 1.82. The molecule has 0 atom stereocenters. The number of nitrogens with two attached hydrogens (primary N) is 2. The van der Waals surface area contributed by atoms with Gasteiger partial charge in [-0.1, -0.05) is 0 Å². The standard InChI is InChI=1S/C6H6FN3O2/c7-4-1-3(8)2-5(6(4)9)10(11)12/h1-2H,8-9H2. The van der Waals surface area contributed by atoms with E-state index in [4.69, 9.17) is 11.5 Å². The first kappa shape index (κ1) is 8.25. The molecule has 0 saturated heterocycles. The number of nitro benzene ring substituents is 1. The summed E-state index contributed by atoms with van der Waals surface area (Å²) < 4.78 is 12.7. The molecule has 0 spiro atoms. The quantitative estimate of drug-likeness (QED) is 0.372. The second-order valence-corrected chi connectivity index (χ2v) is 2.19. The number of hydrogen-bond acceptors (Lipinski definition) is 4. The van der Waals surface area contributed by atoms with E-state index < -0.39 is 22.1 Å². The maximum Gasteiger partial charge on any atom is 0.297 e. The summed E-state index contributed by atoms with van der Waals surface area (Å²) in [5, 5.41) is 10.2. The number of anilines is 2. The molecule has 4 N–H and O–H groups in total. The first-order valence-electron chi connectivity index (χ1n) is 3.01. The fourth-order valence-corrected chi connectivity index (χ4v) is 0.775. The third-order valence-corrected chi connectivity index (χ3v) is 1.33. The number of halogens is 1. The molecule has 12 heavy (non-hydrogen) atoms. The summed E-state index contributed by atoms with van der Waals surface area (Å²) in [6.45, 7) is 0. The summed E-state index contributed by atoms with van der Waals surface area (Å²) in [7, 11) is 0. The van der Waals surface area contributed by atoms with Crippen molar-refractivity contribution in [1.29, 1.82) is 0 Å². The van der Waals surface area contributed by atoms with Gasteiger partial charge in [0, 0.05) is 11.8 Å². The number of rotatable bonds is 1. The number of benzene rings is 1. The van der Waals surface area contributed by atoms with E-state index in [1.165, 1.54) is 0 Å². The summed E-state index contributed by atoms with van der Waals surface area (Å²) in [5.41, 5.74) is 9.23. The lowest BCUT2D eigenvalue weighted by Gasteiger charge is -1.99. The highest BCUT2D eigenvalue weighted by atomic mass is 19.1. The average molecular weight is 171 g/mol. The van der Waals surface area contributed by atoms with E-state index in [2.05, 4.69) is 0 Å². The van der Waals surface area contributed by atoms with Gasteiger partial charge in [0.15, 0.2) is 5.82 Å². The van der Waals surface area contributed by atoms with Gasteiger partial charge in [0.2, 0.25) is 0 Å². The van der Waals surface area contributed by atoms with Crippen molar-refractivity contribution >= 4 is 17.1 Å². The Hall–Kier alpha value is -1.85. The molecule has 0 aromatic heterocycles. The van der Waals surface area contributed by atoms with Gasteiger partial charge in [-0.05, 0) is 6.07 Å². The summed E-state index contributed by atoms with van der Waals surface area (Å²) in [6.07, 6.45) is 0. The van der Waals surface area contributed by atoms with Gasteiger partial charge >= 0.3 is 0 Å². The SMILES string of the molecule is Nc1cc(F)c(N)c([N+](=O)[O-])c1. The monoisotopic (exact) mass is 171 g/mol. The summed E-state index contributed by atoms with van der Waals surface area (Å²) >= 11 is 0. The van der Waals surface area contributed by atoms with Crippen LogP contribution in [0.1, 0.15) is 0 Å². The Morgan fingerprint density at radius 3 is 2.50 bits per heavy atom. The second kappa shape index (κ2) is 2.65. The van der Waals surface area contributed by atoms with Crippen LogP contribution < -0.4 is 11.5 Å². The molecule has 0 amide bonds. The fourth-order valence-electron chi connectivity index (χ4n) is 0.775. The van der Waals surface area contributed by atoms with E-state index in [-0.39, 0.29) is 5.69 Å². The average Bonchev–Trinajstić information content (AvgIpc) is 1.96. The topological polar surface area (TPSA) is 95.2 Å². The van der Waals surface area contributed by atoms with Gasteiger partial charge in [0.1, 0.15) is 5.69 Å². The van der Waals surface area contributed by atoms with Crippen molar-refractivity contribution in [3.8, 4) is 0 Å². The predicted octanol–water partition coefficient (Wildman–Crippen LogP) is 0.898. The molecule has 0 unspecified atom stereocenters. The zero-order chi connectivity index (χ0) is 9.30. The van der Waals surface area contributed by atoms with E-state index in [1.54, 1.807) is 0 Å².